The van der Waals surface area contributed by atoms with Crippen LogP contribution in [0.4, 0.5) is 5.13 Å². The Balaban J connectivity index is 1.32. The van der Waals surface area contributed by atoms with Crippen molar-refractivity contribution in [2.75, 3.05) is 24.6 Å². The molecule has 5 nitrogen and oxygen atoms in total. The van der Waals surface area contributed by atoms with Crippen LogP contribution in [0.15, 0.2) is 48.5 Å². The highest BCUT2D eigenvalue weighted by Crippen LogP contribution is 2.33. The van der Waals surface area contributed by atoms with Gasteiger partial charge in [-0.15, -0.1) is 0 Å². The third-order valence-corrected chi connectivity index (χ3v) is 7.04. The second-order valence-electron chi connectivity index (χ2n) is 8.12. The SMILES string of the molecule is CCOc1ccc2nc(N3CCC(C(=O)N[C@H](CC)Cc4ccccc4)CC3)sc2c1. The molecule has 1 aliphatic heterocycles. The average Bonchev–Trinajstić information content (AvgIpc) is 3.23. The van der Waals surface area contributed by atoms with E-state index in [4.69, 9.17) is 9.72 Å². The predicted molar refractivity (Wildman–Crippen MR) is 128 cm³/mol. The standard InChI is InChI=1S/C25H31N3O2S/c1-3-20(16-18-8-6-5-7-9-18)26-24(29)19-12-14-28(15-13-19)25-27-22-11-10-21(30-4-2)17-23(22)31-25/h5-11,17,19-20H,3-4,12-16H2,1-2H3,(H,26,29)/t20-/m1/s1. The Bertz CT molecular complexity index is 996. The minimum atomic E-state index is 0.0833. The van der Waals surface area contributed by atoms with Crippen LogP contribution in [-0.2, 0) is 11.2 Å². The van der Waals surface area contributed by atoms with Crippen LogP contribution in [0.3, 0.4) is 0 Å². The molecule has 1 N–H and O–H groups in total. The van der Waals surface area contributed by atoms with E-state index in [1.54, 1.807) is 11.3 Å². The normalized spacial score (nSPS) is 15.7. The van der Waals surface area contributed by atoms with Crippen molar-refractivity contribution in [1.29, 1.82) is 0 Å². The van der Waals surface area contributed by atoms with Gasteiger partial charge in [-0.25, -0.2) is 4.98 Å². The number of ether oxygens (including phenoxy) is 1. The smallest absolute Gasteiger partial charge is 0.223 e. The molecule has 0 aliphatic carbocycles. The fourth-order valence-corrected chi connectivity index (χ4v) is 5.18. The van der Waals surface area contributed by atoms with Crippen molar-refractivity contribution in [3.05, 3.63) is 54.1 Å². The number of hydrogen-bond acceptors (Lipinski definition) is 5. The lowest BCUT2D eigenvalue weighted by molar-refractivity contribution is -0.126. The van der Waals surface area contributed by atoms with Crippen molar-refractivity contribution in [3.63, 3.8) is 0 Å². The second kappa shape index (κ2) is 10.1. The molecule has 4 rings (SSSR count). The van der Waals surface area contributed by atoms with Crippen molar-refractivity contribution in [2.45, 2.75) is 45.6 Å². The molecule has 1 amide bonds. The minimum Gasteiger partial charge on any atom is -0.494 e. The van der Waals surface area contributed by atoms with Crippen LogP contribution in [0.2, 0.25) is 0 Å². The van der Waals surface area contributed by atoms with E-state index in [0.29, 0.717) is 6.61 Å². The molecule has 1 fully saturated rings. The molecule has 0 bridgehead atoms. The summed E-state index contributed by atoms with van der Waals surface area (Å²) in [6, 6.07) is 16.7. The van der Waals surface area contributed by atoms with E-state index in [0.717, 1.165) is 59.9 Å². The summed E-state index contributed by atoms with van der Waals surface area (Å²) in [5.74, 6) is 1.18. The van der Waals surface area contributed by atoms with Crippen molar-refractivity contribution in [3.8, 4) is 5.75 Å². The summed E-state index contributed by atoms with van der Waals surface area (Å²) in [5.41, 5.74) is 2.28. The molecule has 1 saturated heterocycles. The van der Waals surface area contributed by atoms with Crippen molar-refractivity contribution >= 4 is 32.6 Å². The number of fused-ring (bicyclic) bond motifs is 1. The number of amides is 1. The fourth-order valence-electron chi connectivity index (χ4n) is 4.13. The Morgan fingerprint density at radius 3 is 2.68 bits per heavy atom. The quantitative estimate of drug-likeness (QED) is 0.536. The van der Waals surface area contributed by atoms with Crippen molar-refractivity contribution < 1.29 is 9.53 Å². The number of aromatic nitrogens is 1. The summed E-state index contributed by atoms with van der Waals surface area (Å²) in [6.45, 7) is 6.53. The van der Waals surface area contributed by atoms with Gasteiger partial charge in [0.15, 0.2) is 5.13 Å². The molecule has 0 spiro atoms. The maximum Gasteiger partial charge on any atom is 0.223 e. The van der Waals surface area contributed by atoms with E-state index in [1.165, 1.54) is 5.56 Å². The average molecular weight is 438 g/mol. The number of nitrogens with one attached hydrogen (secondary N) is 1. The van der Waals surface area contributed by atoms with Crippen LogP contribution in [-0.4, -0.2) is 36.6 Å². The van der Waals surface area contributed by atoms with Crippen LogP contribution in [0.1, 0.15) is 38.7 Å². The van der Waals surface area contributed by atoms with Crippen molar-refractivity contribution in [1.82, 2.24) is 10.3 Å². The fraction of sp³-hybridized carbons (Fsp3) is 0.440. The summed E-state index contributed by atoms with van der Waals surface area (Å²) >= 11 is 1.70. The zero-order valence-electron chi connectivity index (χ0n) is 18.3. The van der Waals surface area contributed by atoms with Gasteiger partial charge in [-0.05, 0) is 56.4 Å². The van der Waals surface area contributed by atoms with Gasteiger partial charge in [0, 0.05) is 25.0 Å². The number of anilines is 1. The van der Waals surface area contributed by atoms with Gasteiger partial charge >= 0.3 is 0 Å². The van der Waals surface area contributed by atoms with E-state index in [1.807, 2.05) is 25.1 Å². The number of carbonyl (C=O) groups excluding carboxylic acids is 1. The highest BCUT2D eigenvalue weighted by Gasteiger charge is 2.27. The molecule has 3 aromatic rings. The van der Waals surface area contributed by atoms with Crippen LogP contribution in [0, 0.1) is 5.92 Å². The van der Waals surface area contributed by atoms with E-state index in [2.05, 4.69) is 47.5 Å². The van der Waals surface area contributed by atoms with Gasteiger partial charge in [-0.2, -0.15) is 0 Å². The van der Waals surface area contributed by atoms with Crippen LogP contribution in [0.25, 0.3) is 10.2 Å². The predicted octanol–water partition coefficient (Wildman–Crippen LogP) is 5.05. The summed E-state index contributed by atoms with van der Waals surface area (Å²) in [7, 11) is 0. The Hall–Kier alpha value is -2.60. The van der Waals surface area contributed by atoms with Gasteiger partial charge in [-0.1, -0.05) is 48.6 Å². The van der Waals surface area contributed by atoms with Gasteiger partial charge < -0.3 is 15.0 Å². The van der Waals surface area contributed by atoms with Crippen LogP contribution < -0.4 is 15.0 Å². The Labute approximate surface area is 188 Å². The first kappa shape index (κ1) is 21.6. The third-order valence-electron chi connectivity index (χ3n) is 5.96. The van der Waals surface area contributed by atoms with E-state index >= 15 is 0 Å². The van der Waals surface area contributed by atoms with E-state index in [-0.39, 0.29) is 17.9 Å². The van der Waals surface area contributed by atoms with Gasteiger partial charge in [0.2, 0.25) is 5.91 Å². The molecule has 2 aromatic carbocycles. The molecule has 1 aromatic heterocycles. The number of hydrogen-bond donors (Lipinski definition) is 1. The number of carbonyl (C=O) groups is 1. The number of piperidine rings is 1. The lowest BCUT2D eigenvalue weighted by Crippen LogP contribution is -2.44. The number of benzene rings is 2. The maximum absolute atomic E-state index is 12.9. The third kappa shape index (κ3) is 5.37. The zero-order chi connectivity index (χ0) is 21.6. The largest absolute Gasteiger partial charge is 0.494 e. The van der Waals surface area contributed by atoms with Gasteiger partial charge in [0.25, 0.3) is 0 Å². The van der Waals surface area contributed by atoms with Crippen LogP contribution in [0.5, 0.6) is 5.75 Å². The molecular formula is C25H31N3O2S. The number of nitrogens with zero attached hydrogens (tertiary/aromatic N) is 2. The molecule has 0 radical (unpaired) electrons. The molecule has 1 aliphatic rings. The highest BCUT2D eigenvalue weighted by molar-refractivity contribution is 7.22. The summed E-state index contributed by atoms with van der Waals surface area (Å²) in [6.07, 6.45) is 3.56. The Kier molecular flexibility index (Phi) is 7.07. The molecule has 2 heterocycles. The monoisotopic (exact) mass is 437 g/mol. The van der Waals surface area contributed by atoms with Gasteiger partial charge in [0.05, 0.1) is 16.8 Å². The first-order chi connectivity index (χ1) is 15.2. The van der Waals surface area contributed by atoms with Crippen molar-refractivity contribution in [2.24, 2.45) is 5.92 Å². The minimum absolute atomic E-state index is 0.0833. The lowest BCUT2D eigenvalue weighted by Gasteiger charge is -2.32. The zero-order valence-corrected chi connectivity index (χ0v) is 19.2. The van der Waals surface area contributed by atoms with E-state index in [9.17, 15) is 4.79 Å². The Morgan fingerprint density at radius 2 is 1.97 bits per heavy atom. The van der Waals surface area contributed by atoms with Crippen LogP contribution >= 0.6 is 11.3 Å². The molecular weight excluding hydrogens is 406 g/mol. The van der Waals surface area contributed by atoms with E-state index < -0.39 is 0 Å². The second-order valence-corrected chi connectivity index (χ2v) is 9.13. The molecule has 0 unspecified atom stereocenters. The molecule has 1 atom stereocenters. The molecule has 6 heteroatoms. The highest BCUT2D eigenvalue weighted by atomic mass is 32.1. The first-order valence-corrected chi connectivity index (χ1v) is 12.1. The first-order valence-electron chi connectivity index (χ1n) is 11.3. The molecule has 31 heavy (non-hydrogen) atoms. The topological polar surface area (TPSA) is 54.5 Å². The number of rotatable bonds is 8. The Morgan fingerprint density at radius 1 is 1.19 bits per heavy atom. The lowest BCUT2D eigenvalue weighted by atomic mass is 9.95. The number of thiazole rings is 1. The summed E-state index contributed by atoms with van der Waals surface area (Å²) in [4.78, 5) is 20.0. The molecule has 0 saturated carbocycles. The maximum atomic E-state index is 12.9. The summed E-state index contributed by atoms with van der Waals surface area (Å²) < 4.78 is 6.75. The van der Waals surface area contributed by atoms with Gasteiger partial charge in [0.1, 0.15) is 5.75 Å². The summed E-state index contributed by atoms with van der Waals surface area (Å²) in [5, 5.41) is 4.33. The van der Waals surface area contributed by atoms with Gasteiger partial charge in [-0.3, -0.25) is 4.79 Å². The molecule has 164 valence electrons.